The van der Waals surface area contributed by atoms with Crippen LogP contribution in [0.2, 0.25) is 0 Å². The van der Waals surface area contributed by atoms with Gasteiger partial charge in [-0.3, -0.25) is 18.5 Å². The number of pyridine rings is 1. The van der Waals surface area contributed by atoms with E-state index in [0.717, 1.165) is 17.1 Å². The summed E-state index contributed by atoms with van der Waals surface area (Å²) < 4.78 is 65.4. The maximum Gasteiger partial charge on any atom is 1.00 e. The number of nitrogens with zero attached hydrogens (tertiary/aromatic N) is 5. The number of imidazole rings is 1. The molecule has 20 nitrogen and oxygen atoms in total. The Morgan fingerprint density at radius 3 is 2.36 bits per heavy atom. The fourth-order valence-corrected chi connectivity index (χ4v) is 6.55. The Labute approximate surface area is 274 Å². The fourth-order valence-electron chi connectivity index (χ4n) is 4.53. The number of hydrogen-bond donors (Lipinski definition) is 5. The van der Waals surface area contributed by atoms with Crippen molar-refractivity contribution in [2.75, 3.05) is 18.9 Å². The molecule has 10 atom stereocenters. The molecule has 0 radical (unpaired) electrons. The molecule has 0 spiro atoms. The monoisotopic (exact) mass is 687 g/mol. The molecule has 7 N–H and O–H groups in total. The minimum atomic E-state index is -5.72. The molecule has 2 fully saturated rings. The summed E-state index contributed by atoms with van der Waals surface area (Å²) in [4.78, 5) is 47.7. The zero-order valence-electron chi connectivity index (χ0n) is 23.1. The third kappa shape index (κ3) is 7.75. The van der Waals surface area contributed by atoms with Gasteiger partial charge in [0, 0.05) is 6.07 Å². The van der Waals surface area contributed by atoms with Gasteiger partial charge in [0.15, 0.2) is 30.1 Å². The average Bonchev–Trinajstić information content (AvgIpc) is 3.61. The van der Waals surface area contributed by atoms with Crippen molar-refractivity contribution < 1.29 is 100 Å². The van der Waals surface area contributed by atoms with Gasteiger partial charge in [-0.1, -0.05) is 0 Å². The predicted octanol–water partition coefficient (Wildman–Crippen LogP) is -6.30. The van der Waals surface area contributed by atoms with E-state index in [0.29, 0.717) is 0 Å². The first-order valence-electron chi connectivity index (χ1n) is 12.5. The summed E-state index contributed by atoms with van der Waals surface area (Å²) in [5.74, 6) is -0.790. The second-order valence-corrected chi connectivity index (χ2v) is 12.6. The van der Waals surface area contributed by atoms with Crippen LogP contribution in [0.1, 0.15) is 22.8 Å². The molecule has 3 aromatic rings. The number of aliphatic hydroxyl groups is 3. The van der Waals surface area contributed by atoms with Crippen molar-refractivity contribution in [3.63, 3.8) is 0 Å². The topological polar surface area (TPSA) is 304 Å². The number of nitrogens with two attached hydrogens (primary N) is 2. The van der Waals surface area contributed by atoms with Crippen molar-refractivity contribution in [2.45, 2.75) is 49.1 Å². The molecule has 0 aliphatic carbocycles. The number of ether oxygens (including phenoxy) is 2. The molecule has 0 bridgehead atoms. The van der Waals surface area contributed by atoms with Crippen molar-refractivity contribution in [3.05, 3.63) is 42.7 Å². The van der Waals surface area contributed by atoms with Gasteiger partial charge in [-0.05, 0) is 6.07 Å². The summed E-state index contributed by atoms with van der Waals surface area (Å²) in [5, 5.41) is 31.0. The number of rotatable bonds is 11. The number of amides is 1. The Morgan fingerprint density at radius 2 is 1.71 bits per heavy atom. The molecule has 2 aliphatic heterocycles. The van der Waals surface area contributed by atoms with Gasteiger partial charge in [0.25, 0.3) is 27.8 Å². The molecular formula is C21H25FN7NaO13P2. The van der Waals surface area contributed by atoms with Crippen LogP contribution in [-0.4, -0.2) is 90.7 Å². The summed E-state index contributed by atoms with van der Waals surface area (Å²) in [7, 11) is -11.4. The van der Waals surface area contributed by atoms with Crippen LogP contribution in [-0.2, 0) is 32.0 Å². The number of primary amides is 1. The average molecular weight is 687 g/mol. The number of carbonyl (C=O) groups is 1. The van der Waals surface area contributed by atoms with Crippen LogP contribution in [0, 0.1) is 0 Å². The number of fused-ring (bicyclic) bond motifs is 1. The fraction of sp³-hybridized carbons (Fsp3) is 0.476. The van der Waals surface area contributed by atoms with E-state index in [9.17, 15) is 43.4 Å². The molecular weight excluding hydrogens is 662 g/mol. The Bertz CT molecular complexity index is 1640. The number of hydrogen-bond acceptors (Lipinski definition) is 17. The molecule has 45 heavy (non-hydrogen) atoms. The van der Waals surface area contributed by atoms with Crippen LogP contribution in [0.3, 0.4) is 0 Å². The third-order valence-electron chi connectivity index (χ3n) is 6.69. The first-order chi connectivity index (χ1) is 20.7. The number of nitrogen functional groups attached to an aromatic ring is 1. The van der Waals surface area contributed by atoms with Gasteiger partial charge in [-0.2, -0.15) is 4.57 Å². The van der Waals surface area contributed by atoms with Gasteiger partial charge in [0.1, 0.15) is 47.9 Å². The Balaban J connectivity index is 0.00000461. The number of phosphoric acid groups is 2. The van der Waals surface area contributed by atoms with E-state index in [1.165, 1.54) is 29.2 Å². The van der Waals surface area contributed by atoms with Gasteiger partial charge >= 0.3 is 29.6 Å². The molecule has 5 heterocycles. The number of phosphoric ester groups is 2. The summed E-state index contributed by atoms with van der Waals surface area (Å²) >= 11 is 0. The molecule has 3 aromatic heterocycles. The smallest absolute Gasteiger partial charge is 0.756 e. The number of aromatic nitrogens is 5. The molecule has 5 rings (SSSR count). The van der Waals surface area contributed by atoms with E-state index in [-0.39, 0.29) is 52.1 Å². The van der Waals surface area contributed by atoms with Gasteiger partial charge in [0.2, 0.25) is 6.17 Å². The van der Waals surface area contributed by atoms with Crippen LogP contribution in [0.15, 0.2) is 37.2 Å². The Kier molecular flexibility index (Phi) is 11.1. The SMILES string of the molecule is NC(=O)c1ccc[n+]([C@@H]2O[C@H](COP(=O)([O-])OP(=O)([O-])OC[C@H]3O[C@@H](n4cnc5c(N)ncnc54)C(O)[C@H]3O)C(O)[C@H]2F)c1.[Na+]. The molecule has 1 amide bonds. The van der Waals surface area contributed by atoms with Gasteiger partial charge in [-0.15, -0.1) is 0 Å². The minimum Gasteiger partial charge on any atom is -0.756 e. The maximum atomic E-state index is 14.7. The standard InChI is InChI=1S/C21H26FN7O13P2.Na/c22-12-14(30)10(40-20(12)28-3-1-2-9(4-28)18(24)33)5-38-43(34,35)42-44(36,37)39-6-11-15(31)16(32)21(41-11)29-8-27-13-17(23)25-7-26-19(13)29;/h1-4,7-8,10-12,14-16,20-21,30-32H,5-6H2,(H5-,23,24,25,26,33,34,35,36,37);/q;+1/p-1/t10-,11-,12-,14?,15+,16?,20-,21-;/m1./s1. The first-order valence-corrected chi connectivity index (χ1v) is 15.4. The van der Waals surface area contributed by atoms with E-state index >= 15 is 0 Å². The van der Waals surface area contributed by atoms with Crippen LogP contribution < -0.4 is 55.4 Å². The van der Waals surface area contributed by atoms with E-state index in [4.69, 9.17) is 20.9 Å². The molecule has 0 aromatic carbocycles. The normalized spacial score (nSPS) is 30.9. The molecule has 24 heteroatoms. The van der Waals surface area contributed by atoms with Gasteiger partial charge < -0.3 is 55.1 Å². The Hall–Kier alpha value is -2.04. The van der Waals surface area contributed by atoms with Crippen LogP contribution in [0.4, 0.5) is 10.2 Å². The molecule has 2 aliphatic rings. The van der Waals surface area contributed by atoms with Crippen LogP contribution in [0.5, 0.6) is 0 Å². The van der Waals surface area contributed by atoms with E-state index in [1.807, 2.05) is 0 Å². The summed E-state index contributed by atoms with van der Waals surface area (Å²) in [6, 6.07) is 2.71. The number of anilines is 1. The van der Waals surface area contributed by atoms with Crippen molar-refractivity contribution in [2.24, 2.45) is 5.73 Å². The molecule has 4 unspecified atom stereocenters. The van der Waals surface area contributed by atoms with Gasteiger partial charge in [-0.25, -0.2) is 23.7 Å². The van der Waals surface area contributed by atoms with Crippen molar-refractivity contribution in [1.82, 2.24) is 19.5 Å². The van der Waals surface area contributed by atoms with Crippen molar-refractivity contribution >= 4 is 38.5 Å². The van der Waals surface area contributed by atoms with E-state index < -0.39 is 83.9 Å². The van der Waals surface area contributed by atoms with Crippen LogP contribution in [0.25, 0.3) is 11.2 Å². The summed E-state index contributed by atoms with van der Waals surface area (Å²) in [6.45, 7) is -2.07. The summed E-state index contributed by atoms with van der Waals surface area (Å²) in [5.41, 5.74) is 11.2. The predicted molar refractivity (Wildman–Crippen MR) is 134 cm³/mol. The van der Waals surface area contributed by atoms with E-state index in [1.54, 1.807) is 0 Å². The van der Waals surface area contributed by atoms with E-state index in [2.05, 4.69) is 28.3 Å². The second kappa shape index (κ2) is 14.0. The first kappa shape index (κ1) is 35.8. The molecule has 0 saturated carbocycles. The quantitative estimate of drug-likeness (QED) is 0.0711. The summed E-state index contributed by atoms with van der Waals surface area (Å²) in [6.07, 6.45) is -8.55. The number of carbonyl (C=O) groups excluding carboxylic acids is 1. The maximum absolute atomic E-state index is 14.7. The zero-order chi connectivity index (χ0) is 32.0. The number of alkyl halides is 1. The minimum absolute atomic E-state index is 0. The number of aliphatic hydroxyl groups excluding tert-OH is 3. The van der Waals surface area contributed by atoms with Crippen molar-refractivity contribution in [1.29, 1.82) is 0 Å². The second-order valence-electron chi connectivity index (χ2n) is 9.60. The Morgan fingerprint density at radius 1 is 1.07 bits per heavy atom. The largest absolute Gasteiger partial charge is 1.00 e. The zero-order valence-corrected chi connectivity index (χ0v) is 26.9. The van der Waals surface area contributed by atoms with Crippen LogP contribution >= 0.6 is 15.6 Å². The molecule has 240 valence electrons. The van der Waals surface area contributed by atoms with Gasteiger partial charge in [0.05, 0.1) is 19.5 Å². The third-order valence-corrected chi connectivity index (χ3v) is 9.22. The number of halogens is 1. The molecule has 2 saturated heterocycles. The van der Waals surface area contributed by atoms with Crippen molar-refractivity contribution in [3.8, 4) is 0 Å².